The molecule has 0 fully saturated rings. The van der Waals surface area contributed by atoms with Gasteiger partial charge in [-0.1, -0.05) is 30.3 Å². The Balaban J connectivity index is 1.83. The Kier molecular flexibility index (Phi) is 5.86. The molecule has 0 saturated heterocycles. The van der Waals surface area contributed by atoms with E-state index in [2.05, 4.69) is 10.6 Å². The third kappa shape index (κ3) is 5.21. The highest BCUT2D eigenvalue weighted by Crippen LogP contribution is 2.07. The Morgan fingerprint density at radius 2 is 1.70 bits per heavy atom. The summed E-state index contributed by atoms with van der Waals surface area (Å²) in [6, 6.07) is 13.5. The van der Waals surface area contributed by atoms with Crippen LogP contribution >= 0.6 is 0 Å². The van der Waals surface area contributed by atoms with Gasteiger partial charge in [-0.3, -0.25) is 9.59 Å². The van der Waals surface area contributed by atoms with Crippen molar-refractivity contribution >= 4 is 11.8 Å². The number of amides is 2. The molecule has 120 valence electrons. The Bertz CT molecular complexity index is 684. The van der Waals surface area contributed by atoms with Gasteiger partial charge in [-0.2, -0.15) is 0 Å². The van der Waals surface area contributed by atoms with Crippen molar-refractivity contribution in [1.82, 2.24) is 10.6 Å². The maximum absolute atomic E-state index is 13.5. The van der Waals surface area contributed by atoms with Crippen LogP contribution < -0.4 is 10.6 Å². The molecule has 0 heterocycles. The molecule has 5 heteroatoms. The summed E-state index contributed by atoms with van der Waals surface area (Å²) in [7, 11) is 0. The van der Waals surface area contributed by atoms with E-state index in [1.165, 1.54) is 13.0 Å². The van der Waals surface area contributed by atoms with Crippen LogP contribution in [0.5, 0.6) is 0 Å². The van der Waals surface area contributed by atoms with E-state index in [9.17, 15) is 14.0 Å². The van der Waals surface area contributed by atoms with E-state index in [4.69, 9.17) is 0 Å². The molecule has 2 aromatic carbocycles. The van der Waals surface area contributed by atoms with Crippen molar-refractivity contribution in [2.45, 2.75) is 19.9 Å². The number of benzene rings is 2. The molecule has 2 aromatic rings. The lowest BCUT2D eigenvalue weighted by atomic mass is 10.1. The van der Waals surface area contributed by atoms with Gasteiger partial charge in [0.15, 0.2) is 0 Å². The van der Waals surface area contributed by atoms with Gasteiger partial charge in [0.25, 0.3) is 5.91 Å². The summed E-state index contributed by atoms with van der Waals surface area (Å²) < 4.78 is 13.5. The van der Waals surface area contributed by atoms with E-state index >= 15 is 0 Å². The van der Waals surface area contributed by atoms with E-state index in [0.717, 1.165) is 5.56 Å². The van der Waals surface area contributed by atoms with Gasteiger partial charge < -0.3 is 10.6 Å². The van der Waals surface area contributed by atoms with Crippen molar-refractivity contribution in [3.05, 3.63) is 71.0 Å². The molecule has 2 rings (SSSR count). The molecule has 4 nitrogen and oxygen atoms in total. The largest absolute Gasteiger partial charge is 0.352 e. The predicted octanol–water partition coefficient (Wildman–Crippen LogP) is 2.43. The maximum Gasteiger partial charge on any atom is 0.251 e. The number of nitrogens with one attached hydrogen (secondary N) is 2. The molecule has 0 spiro atoms. The number of hydrogen-bond donors (Lipinski definition) is 2. The van der Waals surface area contributed by atoms with Crippen LogP contribution in [0.15, 0.2) is 48.5 Å². The van der Waals surface area contributed by atoms with Crippen LogP contribution in [0.25, 0.3) is 0 Å². The van der Waals surface area contributed by atoms with E-state index in [1.54, 1.807) is 42.5 Å². The summed E-state index contributed by atoms with van der Waals surface area (Å²) in [5, 5.41) is 5.46. The zero-order valence-corrected chi connectivity index (χ0v) is 12.9. The summed E-state index contributed by atoms with van der Waals surface area (Å²) >= 11 is 0. The summed E-state index contributed by atoms with van der Waals surface area (Å²) in [6.45, 7) is 2.26. The first-order valence-electron chi connectivity index (χ1n) is 7.41. The van der Waals surface area contributed by atoms with Crippen molar-refractivity contribution in [3.63, 3.8) is 0 Å². The SMILES string of the molecule is CC(=O)NCc1ccc(C(=O)NCCc2ccccc2F)cc1. The summed E-state index contributed by atoms with van der Waals surface area (Å²) in [5.41, 5.74) is 2.03. The molecule has 0 unspecified atom stereocenters. The third-order valence-corrected chi connectivity index (χ3v) is 3.40. The Hall–Kier alpha value is -2.69. The quantitative estimate of drug-likeness (QED) is 0.860. The Labute approximate surface area is 134 Å². The van der Waals surface area contributed by atoms with Crippen LogP contribution in [0.1, 0.15) is 28.4 Å². The van der Waals surface area contributed by atoms with Gasteiger partial charge >= 0.3 is 0 Å². The fraction of sp³-hybridized carbons (Fsp3) is 0.222. The second-order valence-corrected chi connectivity index (χ2v) is 5.20. The fourth-order valence-electron chi connectivity index (χ4n) is 2.11. The molecule has 23 heavy (non-hydrogen) atoms. The second-order valence-electron chi connectivity index (χ2n) is 5.20. The first-order valence-corrected chi connectivity index (χ1v) is 7.41. The molecular formula is C18H19FN2O2. The van der Waals surface area contributed by atoms with Gasteiger partial charge in [0.2, 0.25) is 5.91 Å². The standard InChI is InChI=1S/C18H19FN2O2/c1-13(22)21-12-14-6-8-16(9-7-14)18(23)20-11-10-15-4-2-3-5-17(15)19/h2-9H,10-12H2,1H3,(H,20,23)(H,21,22). The average Bonchev–Trinajstić information content (AvgIpc) is 2.55. The first kappa shape index (κ1) is 16.7. The van der Waals surface area contributed by atoms with Crippen LogP contribution in [0.2, 0.25) is 0 Å². The van der Waals surface area contributed by atoms with Gasteiger partial charge in [0.05, 0.1) is 0 Å². The van der Waals surface area contributed by atoms with Crippen LogP contribution in [0.3, 0.4) is 0 Å². The predicted molar refractivity (Wildman–Crippen MR) is 86.4 cm³/mol. The Morgan fingerprint density at radius 1 is 1.00 bits per heavy atom. The molecular weight excluding hydrogens is 295 g/mol. The topological polar surface area (TPSA) is 58.2 Å². The zero-order chi connectivity index (χ0) is 16.7. The fourth-order valence-corrected chi connectivity index (χ4v) is 2.11. The highest BCUT2D eigenvalue weighted by atomic mass is 19.1. The lowest BCUT2D eigenvalue weighted by molar-refractivity contribution is -0.119. The number of hydrogen-bond acceptors (Lipinski definition) is 2. The van der Waals surface area contributed by atoms with Crippen molar-refractivity contribution < 1.29 is 14.0 Å². The van der Waals surface area contributed by atoms with Gasteiger partial charge in [-0.15, -0.1) is 0 Å². The normalized spacial score (nSPS) is 10.2. The minimum Gasteiger partial charge on any atom is -0.352 e. The summed E-state index contributed by atoms with van der Waals surface area (Å²) in [4.78, 5) is 22.9. The lowest BCUT2D eigenvalue weighted by Gasteiger charge is -2.07. The van der Waals surface area contributed by atoms with Crippen molar-refractivity contribution in [1.29, 1.82) is 0 Å². The second kappa shape index (κ2) is 8.08. The molecule has 2 amide bonds. The highest BCUT2D eigenvalue weighted by molar-refractivity contribution is 5.94. The number of rotatable bonds is 6. The average molecular weight is 314 g/mol. The smallest absolute Gasteiger partial charge is 0.251 e. The highest BCUT2D eigenvalue weighted by Gasteiger charge is 2.06. The molecule has 0 saturated carbocycles. The molecule has 0 aliphatic rings. The number of halogens is 1. The zero-order valence-electron chi connectivity index (χ0n) is 12.9. The monoisotopic (exact) mass is 314 g/mol. The number of carbonyl (C=O) groups is 2. The van der Waals surface area contributed by atoms with Gasteiger partial charge in [0, 0.05) is 25.6 Å². The third-order valence-electron chi connectivity index (χ3n) is 3.40. The minimum absolute atomic E-state index is 0.0973. The van der Waals surface area contributed by atoms with Crippen molar-refractivity contribution in [2.75, 3.05) is 6.54 Å². The van der Waals surface area contributed by atoms with Crippen molar-refractivity contribution in [2.24, 2.45) is 0 Å². The van der Waals surface area contributed by atoms with Crippen LogP contribution in [0.4, 0.5) is 4.39 Å². The molecule has 0 aliphatic carbocycles. The summed E-state index contributed by atoms with van der Waals surface area (Å²) in [6.07, 6.45) is 0.443. The minimum atomic E-state index is -0.260. The first-order chi connectivity index (χ1) is 11.1. The van der Waals surface area contributed by atoms with Gasteiger partial charge in [0.1, 0.15) is 5.82 Å². The van der Waals surface area contributed by atoms with E-state index in [1.807, 2.05) is 0 Å². The molecule has 0 atom stereocenters. The van der Waals surface area contributed by atoms with Gasteiger partial charge in [-0.05, 0) is 35.7 Å². The molecule has 0 bridgehead atoms. The van der Waals surface area contributed by atoms with Crippen LogP contribution in [-0.2, 0) is 17.8 Å². The lowest BCUT2D eigenvalue weighted by Crippen LogP contribution is -2.26. The Morgan fingerprint density at radius 3 is 2.35 bits per heavy atom. The van der Waals surface area contributed by atoms with E-state index in [0.29, 0.717) is 30.6 Å². The summed E-state index contributed by atoms with van der Waals surface area (Å²) in [5.74, 6) is -0.559. The van der Waals surface area contributed by atoms with Crippen LogP contribution in [0, 0.1) is 5.82 Å². The molecule has 0 aliphatic heterocycles. The molecule has 0 radical (unpaired) electrons. The van der Waals surface area contributed by atoms with Gasteiger partial charge in [-0.25, -0.2) is 4.39 Å². The molecule has 0 aromatic heterocycles. The van der Waals surface area contributed by atoms with E-state index in [-0.39, 0.29) is 17.6 Å². The van der Waals surface area contributed by atoms with E-state index < -0.39 is 0 Å². The number of carbonyl (C=O) groups excluding carboxylic acids is 2. The van der Waals surface area contributed by atoms with Crippen LogP contribution in [-0.4, -0.2) is 18.4 Å². The van der Waals surface area contributed by atoms with Crippen molar-refractivity contribution in [3.8, 4) is 0 Å². The maximum atomic E-state index is 13.5. The molecule has 2 N–H and O–H groups in total.